The van der Waals surface area contributed by atoms with Crippen LogP contribution in [0.2, 0.25) is 5.02 Å². The number of aromatic nitrogens is 2. The van der Waals surface area contributed by atoms with Crippen molar-refractivity contribution in [1.82, 2.24) is 19.9 Å². The van der Waals surface area contributed by atoms with E-state index >= 15 is 0 Å². The van der Waals surface area contributed by atoms with Gasteiger partial charge in [-0.15, -0.1) is 6.58 Å². The van der Waals surface area contributed by atoms with Gasteiger partial charge in [0.05, 0.1) is 19.4 Å². The van der Waals surface area contributed by atoms with Crippen molar-refractivity contribution in [2.45, 2.75) is 65.1 Å². The maximum absolute atomic E-state index is 13.2. The van der Waals surface area contributed by atoms with Crippen molar-refractivity contribution in [2.75, 3.05) is 48.4 Å². The smallest absolute Gasteiger partial charge is 0.412 e. The number of esters is 1. The Labute approximate surface area is 308 Å². The molecule has 0 spiro atoms. The van der Waals surface area contributed by atoms with Gasteiger partial charge in [-0.1, -0.05) is 49.2 Å². The number of nitrogens with one attached hydrogen (secondary N) is 3. The Bertz CT molecular complexity index is 1520. The zero-order valence-electron chi connectivity index (χ0n) is 29.7. The number of fused-ring (bicyclic) bond motifs is 1. The van der Waals surface area contributed by atoms with E-state index in [0.29, 0.717) is 29.7 Å². The lowest BCUT2D eigenvalue weighted by Crippen LogP contribution is -2.46. The molecule has 282 valence electrons. The van der Waals surface area contributed by atoms with Crippen molar-refractivity contribution in [3.05, 3.63) is 72.1 Å². The van der Waals surface area contributed by atoms with Crippen LogP contribution in [-0.2, 0) is 18.8 Å². The first-order valence-electron chi connectivity index (χ1n) is 15.9. The van der Waals surface area contributed by atoms with Gasteiger partial charge < -0.3 is 28.7 Å². The van der Waals surface area contributed by atoms with Crippen LogP contribution in [0.25, 0.3) is 0 Å². The SMILES string of the molecule is C=C/C(COC(=O)C(C)(C)NP(OCC1CC(C)C(N2CNc3c(N(C)NSC)ncnc32)O1)Oc1ccc(Cl)cc1)=C(\C)C(F)(F)F.C=CC. The highest BCUT2D eigenvalue weighted by Gasteiger charge is 2.42. The van der Waals surface area contributed by atoms with Crippen molar-refractivity contribution in [1.29, 1.82) is 0 Å². The summed E-state index contributed by atoms with van der Waals surface area (Å²) < 4.78 is 63.6. The van der Waals surface area contributed by atoms with Gasteiger partial charge in [0.1, 0.15) is 36.1 Å². The van der Waals surface area contributed by atoms with Crippen molar-refractivity contribution < 1.29 is 36.5 Å². The van der Waals surface area contributed by atoms with Gasteiger partial charge in [0.25, 0.3) is 0 Å². The number of halogens is 4. The Balaban J connectivity index is 0.00000226. The van der Waals surface area contributed by atoms with E-state index in [-0.39, 0.29) is 30.4 Å². The minimum Gasteiger partial charge on any atom is -0.459 e. The highest BCUT2D eigenvalue weighted by molar-refractivity contribution is 7.96. The van der Waals surface area contributed by atoms with E-state index < -0.39 is 38.4 Å². The summed E-state index contributed by atoms with van der Waals surface area (Å²) in [5, 5.41) is 8.73. The topological polar surface area (TPSA) is 122 Å². The third-order valence-corrected chi connectivity index (χ3v) is 9.79. The molecular formula is C33H46ClF3N7O5PS. The molecule has 0 aliphatic carbocycles. The number of nitrogens with zero attached hydrogens (tertiary/aromatic N) is 4. The van der Waals surface area contributed by atoms with Crippen molar-refractivity contribution >= 4 is 55.4 Å². The van der Waals surface area contributed by atoms with Crippen LogP contribution in [0.4, 0.5) is 30.5 Å². The predicted molar refractivity (Wildman–Crippen MR) is 198 cm³/mol. The minimum absolute atomic E-state index is 0.113. The number of rotatable bonds is 15. The molecule has 2 aliphatic rings. The fourth-order valence-corrected chi connectivity index (χ4v) is 6.77. The number of alkyl halides is 3. The van der Waals surface area contributed by atoms with Gasteiger partial charge in [-0.25, -0.2) is 15.1 Å². The molecule has 1 aromatic carbocycles. The van der Waals surface area contributed by atoms with Gasteiger partial charge >= 0.3 is 20.7 Å². The summed E-state index contributed by atoms with van der Waals surface area (Å²) in [5.41, 5.74) is -1.76. The summed E-state index contributed by atoms with van der Waals surface area (Å²) in [5.74, 6) is 1.16. The molecular weight excluding hydrogens is 730 g/mol. The molecule has 1 aromatic heterocycles. The minimum atomic E-state index is -4.58. The fourth-order valence-electron chi connectivity index (χ4n) is 4.96. The average molecular weight is 776 g/mol. The number of benzene rings is 1. The first-order chi connectivity index (χ1) is 24.1. The molecule has 3 N–H and O–H groups in total. The summed E-state index contributed by atoms with van der Waals surface area (Å²) in [4.78, 5) is 27.2. The summed E-state index contributed by atoms with van der Waals surface area (Å²) in [6, 6.07) is 6.60. The lowest BCUT2D eigenvalue weighted by Gasteiger charge is -2.30. The number of hydrogen-bond donors (Lipinski definition) is 3. The van der Waals surface area contributed by atoms with Gasteiger partial charge in [-0.2, -0.15) is 18.0 Å². The molecule has 18 heteroatoms. The fraction of sp³-hybridized carbons (Fsp3) is 0.485. The number of ether oxygens (including phenoxy) is 2. The van der Waals surface area contributed by atoms with Crippen LogP contribution >= 0.6 is 32.1 Å². The Hall–Kier alpha value is -3.11. The zero-order valence-corrected chi connectivity index (χ0v) is 32.2. The Kier molecular flexibility index (Phi) is 15.8. The maximum atomic E-state index is 13.2. The summed E-state index contributed by atoms with van der Waals surface area (Å²) in [7, 11) is -0.117. The second kappa shape index (κ2) is 19.1. The Morgan fingerprint density at radius 1 is 1.27 bits per heavy atom. The van der Waals surface area contributed by atoms with Crippen LogP contribution < -0.4 is 29.7 Å². The van der Waals surface area contributed by atoms with E-state index in [4.69, 9.17) is 30.1 Å². The van der Waals surface area contributed by atoms with Crippen LogP contribution in [-0.4, -0.2) is 73.2 Å². The van der Waals surface area contributed by atoms with E-state index in [1.54, 1.807) is 30.3 Å². The summed E-state index contributed by atoms with van der Waals surface area (Å²) >= 11 is 7.48. The molecule has 1 fully saturated rings. The molecule has 0 bridgehead atoms. The van der Waals surface area contributed by atoms with Gasteiger partial charge in [-0.3, -0.25) is 9.80 Å². The molecule has 4 rings (SSSR count). The largest absolute Gasteiger partial charge is 0.459 e. The summed E-state index contributed by atoms with van der Waals surface area (Å²) in [6.45, 7) is 14.7. The van der Waals surface area contributed by atoms with Crippen LogP contribution in [0, 0.1) is 5.92 Å². The average Bonchev–Trinajstić information content (AvgIpc) is 3.67. The van der Waals surface area contributed by atoms with Crippen LogP contribution in [0.5, 0.6) is 5.75 Å². The van der Waals surface area contributed by atoms with Gasteiger partial charge in [0, 0.05) is 23.6 Å². The lowest BCUT2D eigenvalue weighted by atomic mass is 10.1. The van der Waals surface area contributed by atoms with E-state index in [0.717, 1.165) is 24.5 Å². The Morgan fingerprint density at radius 2 is 1.94 bits per heavy atom. The molecule has 0 saturated carbocycles. The molecule has 1 saturated heterocycles. The van der Waals surface area contributed by atoms with Gasteiger partial charge in [-0.05, 0) is 70.2 Å². The number of hydrazine groups is 1. The highest BCUT2D eigenvalue weighted by atomic mass is 35.5. The van der Waals surface area contributed by atoms with Gasteiger partial charge in [0.15, 0.2) is 11.6 Å². The number of hydrogen-bond acceptors (Lipinski definition) is 13. The highest BCUT2D eigenvalue weighted by Crippen LogP contribution is 2.43. The Morgan fingerprint density at radius 3 is 2.55 bits per heavy atom. The molecule has 0 radical (unpaired) electrons. The number of anilines is 3. The van der Waals surface area contributed by atoms with Crippen LogP contribution in [0.1, 0.15) is 41.0 Å². The number of carbonyl (C=O) groups excluding carboxylic acids is 1. The molecule has 3 heterocycles. The quantitative estimate of drug-likeness (QED) is 0.0408. The van der Waals surface area contributed by atoms with Crippen molar-refractivity contribution in [3.63, 3.8) is 0 Å². The molecule has 0 amide bonds. The molecule has 4 unspecified atom stereocenters. The third-order valence-electron chi connectivity index (χ3n) is 7.58. The van der Waals surface area contributed by atoms with E-state index in [1.165, 1.54) is 32.1 Å². The molecule has 2 aliphatic heterocycles. The van der Waals surface area contributed by atoms with E-state index in [9.17, 15) is 18.0 Å². The number of allylic oxidation sites excluding steroid dienone is 2. The van der Waals surface area contributed by atoms with Crippen LogP contribution in [0.3, 0.4) is 0 Å². The lowest BCUT2D eigenvalue weighted by molar-refractivity contribution is -0.148. The first kappa shape index (κ1) is 42.3. The predicted octanol–water partition coefficient (Wildman–Crippen LogP) is 7.78. The standard InChI is InChI=1S/C30H40ClF3N7O5PS.C3H6/c1-8-20(19(3)30(32,33)34)14-43-28(42)29(4,5)38-47(46-22-11-9-21(31)10-12-22)44-15-23-13-18(2)27(45-23)41-17-37-24-25(40(6)39-48-7)35-16-36-26(24)41;1-3-2/h8-12,16,18,23,27,37-39H,1,13-15,17H2,2-7H3;3H,1H2,2H3/b20-19-;. The van der Waals surface area contributed by atoms with Crippen LogP contribution in [0.15, 0.2) is 67.0 Å². The van der Waals surface area contributed by atoms with Gasteiger partial charge in [0.2, 0.25) is 0 Å². The normalized spacial score (nSPS) is 19.5. The third kappa shape index (κ3) is 11.7. The zero-order chi connectivity index (χ0) is 37.9. The maximum Gasteiger partial charge on any atom is 0.412 e. The first-order valence-corrected chi connectivity index (χ1v) is 18.7. The van der Waals surface area contributed by atoms with E-state index in [2.05, 4.69) is 50.2 Å². The monoisotopic (exact) mass is 775 g/mol. The van der Waals surface area contributed by atoms with Crippen molar-refractivity contribution in [2.24, 2.45) is 5.92 Å². The van der Waals surface area contributed by atoms with Crippen molar-refractivity contribution in [3.8, 4) is 5.75 Å². The second-order valence-corrected chi connectivity index (χ2v) is 14.3. The summed E-state index contributed by atoms with van der Waals surface area (Å²) in [6.07, 6.45) is 1.68. The molecule has 4 atom stereocenters. The molecule has 2 aromatic rings. The van der Waals surface area contributed by atoms with E-state index in [1.807, 2.05) is 25.2 Å². The molecule has 51 heavy (non-hydrogen) atoms. The second-order valence-electron chi connectivity index (χ2n) is 12.1. The number of carbonyl (C=O) groups is 1. The molecule has 12 nitrogen and oxygen atoms in total.